The minimum Gasteiger partial charge on any atom is -0.256 e. The molecule has 2 aromatic heterocycles. The highest BCUT2D eigenvalue weighted by Gasteiger charge is 2.24. The molecule has 0 N–H and O–H groups in total. The third-order valence-electron chi connectivity index (χ3n) is 13.6. The van der Waals surface area contributed by atoms with Gasteiger partial charge in [-0.2, -0.15) is 0 Å². The van der Waals surface area contributed by atoms with E-state index in [4.69, 9.17) is 21.6 Å². The molecule has 0 unspecified atom stereocenters. The Morgan fingerprint density at radius 3 is 1.31 bits per heavy atom. The van der Waals surface area contributed by atoms with Crippen LogP contribution in [0, 0.1) is 38.5 Å². The first kappa shape index (κ1) is 47.5. The molecule has 0 saturated carbocycles. The number of benzene rings is 8. The summed E-state index contributed by atoms with van der Waals surface area (Å²) in [6.45, 7) is 22.4. The second-order valence-corrected chi connectivity index (χ2v) is 22.8. The largest absolute Gasteiger partial charge is 0.256 e. The number of hydrogen-bond acceptors (Lipinski definition) is 2. The number of hydrogen-bond donors (Lipinski definition) is 0. The van der Waals surface area contributed by atoms with E-state index >= 15 is 0 Å². The van der Waals surface area contributed by atoms with Gasteiger partial charge in [0.05, 0.1) is 11.4 Å². The van der Waals surface area contributed by atoms with Gasteiger partial charge in [0, 0.05) is 45.1 Å². The lowest BCUT2D eigenvalue weighted by atomic mass is 9.85. The maximum atomic E-state index is 6.73. The summed E-state index contributed by atoms with van der Waals surface area (Å²) in [5.74, 6) is 0. The molecule has 8 aromatic carbocycles. The third kappa shape index (κ3) is 10.1. The molecular formula is C68H63ClN2. The van der Waals surface area contributed by atoms with Crippen LogP contribution in [-0.2, 0) is 12.8 Å². The summed E-state index contributed by atoms with van der Waals surface area (Å²) in [7, 11) is 0. The number of aryl methyl sites for hydroxylation is 4. The molecular weight excluding hydrogens is 880 g/mol. The molecule has 0 fully saturated rings. The summed E-state index contributed by atoms with van der Waals surface area (Å²) < 4.78 is 0. The van der Waals surface area contributed by atoms with Crippen molar-refractivity contribution in [1.29, 1.82) is 0 Å². The summed E-state index contributed by atoms with van der Waals surface area (Å²) in [6, 6.07) is 59.8. The van der Waals surface area contributed by atoms with Gasteiger partial charge in [0.15, 0.2) is 0 Å². The van der Waals surface area contributed by atoms with Gasteiger partial charge in [0.25, 0.3) is 0 Å². The van der Waals surface area contributed by atoms with Crippen molar-refractivity contribution in [2.45, 2.75) is 82.1 Å². The predicted molar refractivity (Wildman–Crippen MR) is 305 cm³/mol. The zero-order valence-corrected chi connectivity index (χ0v) is 43.7. The van der Waals surface area contributed by atoms with E-state index < -0.39 is 0 Å². The monoisotopic (exact) mass is 942 g/mol. The molecule has 11 rings (SSSR count). The van der Waals surface area contributed by atoms with Crippen LogP contribution in [0.15, 0.2) is 176 Å². The Morgan fingerprint density at radius 2 is 0.775 bits per heavy atom. The summed E-state index contributed by atoms with van der Waals surface area (Å²) in [5.41, 5.74) is 24.7. The van der Waals surface area contributed by atoms with Crippen molar-refractivity contribution < 1.29 is 0 Å². The lowest BCUT2D eigenvalue weighted by molar-refractivity contribution is 0.411. The Balaban J connectivity index is 0.000000164. The second-order valence-electron chi connectivity index (χ2n) is 22.4. The molecule has 71 heavy (non-hydrogen) atoms. The summed E-state index contributed by atoms with van der Waals surface area (Å²) >= 11 is 6.73. The molecule has 352 valence electrons. The number of nitrogens with zero attached hydrogens (tertiary/aromatic N) is 2. The van der Waals surface area contributed by atoms with Crippen molar-refractivity contribution in [1.82, 2.24) is 9.97 Å². The van der Waals surface area contributed by atoms with Crippen LogP contribution in [0.1, 0.15) is 74.9 Å². The van der Waals surface area contributed by atoms with Gasteiger partial charge in [-0.25, -0.2) is 0 Å². The summed E-state index contributed by atoms with van der Waals surface area (Å²) in [5, 5.41) is 5.55. The topological polar surface area (TPSA) is 25.8 Å². The average molecular weight is 944 g/mol. The number of aromatic nitrogens is 2. The molecule has 0 atom stereocenters. The van der Waals surface area contributed by atoms with Gasteiger partial charge in [0.1, 0.15) is 0 Å². The van der Waals surface area contributed by atoms with Gasteiger partial charge < -0.3 is 0 Å². The molecule has 10 aromatic rings. The van der Waals surface area contributed by atoms with E-state index in [0.717, 1.165) is 62.3 Å². The summed E-state index contributed by atoms with van der Waals surface area (Å²) in [6.07, 6.45) is 6.20. The first-order chi connectivity index (χ1) is 33.9. The van der Waals surface area contributed by atoms with Crippen LogP contribution in [0.5, 0.6) is 0 Å². The lowest BCUT2D eigenvalue weighted by Gasteiger charge is -2.20. The molecule has 0 aliphatic heterocycles. The lowest BCUT2D eigenvalue weighted by Crippen LogP contribution is -2.09. The molecule has 1 aliphatic carbocycles. The highest BCUT2D eigenvalue weighted by Crippen LogP contribution is 2.49. The Kier molecular flexibility index (Phi) is 12.6. The van der Waals surface area contributed by atoms with Gasteiger partial charge in [-0.1, -0.05) is 197 Å². The van der Waals surface area contributed by atoms with Crippen molar-refractivity contribution in [2.24, 2.45) is 10.8 Å². The molecule has 0 bridgehead atoms. The molecule has 0 saturated heterocycles. The van der Waals surface area contributed by atoms with Crippen LogP contribution in [0.4, 0.5) is 0 Å². The van der Waals surface area contributed by atoms with Gasteiger partial charge in [-0.15, -0.1) is 0 Å². The Morgan fingerprint density at radius 1 is 0.352 bits per heavy atom. The highest BCUT2D eigenvalue weighted by atomic mass is 35.5. The van der Waals surface area contributed by atoms with E-state index in [9.17, 15) is 0 Å². The van der Waals surface area contributed by atoms with Crippen molar-refractivity contribution in [3.8, 4) is 78.1 Å². The zero-order valence-electron chi connectivity index (χ0n) is 42.9. The molecule has 0 spiro atoms. The quantitative estimate of drug-likeness (QED) is 0.166. The molecule has 2 nitrogen and oxygen atoms in total. The van der Waals surface area contributed by atoms with Crippen molar-refractivity contribution in [2.75, 3.05) is 0 Å². The third-order valence-corrected chi connectivity index (χ3v) is 13.9. The maximum Gasteiger partial charge on any atom is 0.0708 e. The Hall–Kier alpha value is -7.13. The van der Waals surface area contributed by atoms with E-state index in [-0.39, 0.29) is 10.8 Å². The van der Waals surface area contributed by atoms with E-state index in [1.807, 2.05) is 18.3 Å². The normalized spacial score (nSPS) is 12.0. The summed E-state index contributed by atoms with van der Waals surface area (Å²) in [4.78, 5) is 9.94. The minimum atomic E-state index is 0.237. The maximum absolute atomic E-state index is 6.73. The Labute approximate surface area is 426 Å². The Bertz CT molecular complexity index is 3610. The van der Waals surface area contributed by atoms with Gasteiger partial charge >= 0.3 is 0 Å². The first-order valence-corrected chi connectivity index (χ1v) is 25.4. The number of rotatable bonds is 6. The van der Waals surface area contributed by atoms with Crippen LogP contribution < -0.4 is 0 Å². The predicted octanol–water partition coefficient (Wildman–Crippen LogP) is 19.5. The molecule has 3 heteroatoms. The zero-order chi connectivity index (χ0) is 49.8. The van der Waals surface area contributed by atoms with Crippen LogP contribution in [0.3, 0.4) is 0 Å². The average Bonchev–Trinajstić information content (AvgIpc) is 3.43. The van der Waals surface area contributed by atoms with Gasteiger partial charge in [-0.3, -0.25) is 9.97 Å². The molecule has 0 amide bonds. The van der Waals surface area contributed by atoms with E-state index in [2.05, 4.69) is 227 Å². The van der Waals surface area contributed by atoms with Crippen LogP contribution >= 0.6 is 11.6 Å². The van der Waals surface area contributed by atoms with E-state index in [1.54, 1.807) is 0 Å². The SMILES string of the molecule is Cc1cc(C)cc(-c2cc(-c3ccc(CC(C)(C)C)cc3)c(-c3cccc4cccc(Cl)c34)cn2)c1.Cc1cc(C)cc(-c2cc3c(cn2)-c2cccc4cccc(c24)-c2cc(CC(C)(C)C)ccc2-3)c1. The molecule has 2 heterocycles. The second kappa shape index (κ2) is 18.9. The first-order valence-electron chi connectivity index (χ1n) is 25.0. The number of halogens is 1. The number of pyridine rings is 2. The highest BCUT2D eigenvalue weighted by molar-refractivity contribution is 6.36. The van der Waals surface area contributed by atoms with Crippen LogP contribution in [0.25, 0.3) is 99.7 Å². The van der Waals surface area contributed by atoms with Crippen molar-refractivity contribution in [3.63, 3.8) is 0 Å². The molecule has 1 aliphatic rings. The number of fused-ring (bicyclic) bond motifs is 6. The fourth-order valence-corrected chi connectivity index (χ4v) is 11.1. The van der Waals surface area contributed by atoms with E-state index in [0.29, 0.717) is 0 Å². The van der Waals surface area contributed by atoms with Gasteiger partial charge in [0.2, 0.25) is 0 Å². The van der Waals surface area contributed by atoms with E-state index in [1.165, 1.54) is 88.7 Å². The van der Waals surface area contributed by atoms with Crippen LogP contribution in [-0.4, -0.2) is 9.97 Å². The fraction of sp³-hybridized carbons (Fsp3) is 0.206. The van der Waals surface area contributed by atoms with Crippen LogP contribution in [0.2, 0.25) is 5.02 Å². The minimum absolute atomic E-state index is 0.237. The fourth-order valence-electron chi connectivity index (χ4n) is 10.9. The van der Waals surface area contributed by atoms with Gasteiger partial charge in [-0.05, 0) is 166 Å². The molecule has 0 radical (unpaired) electrons. The van der Waals surface area contributed by atoms with Crippen molar-refractivity contribution >= 4 is 33.1 Å². The van der Waals surface area contributed by atoms with Crippen molar-refractivity contribution in [3.05, 3.63) is 215 Å². The smallest absolute Gasteiger partial charge is 0.0708 e. The standard InChI is InChI=1S/C34H32ClN.C34H31N/c1-22-16-23(2)18-27(17-22)32-19-29(25-14-12-24(13-15-25)20-34(3,4)5)30(21-36-32)28-10-6-8-26-9-7-11-31(35)33(26)28;1-21-14-22(2)16-25(15-21)32-18-30-26-13-12-23(19-34(3,4)5)17-29(26)27-10-6-8-24-9-7-11-28(33(24)27)31(30)20-35-32/h6-19,21H,20H2,1-5H3;6-18,20H,19H2,1-5H3.